The summed E-state index contributed by atoms with van der Waals surface area (Å²) in [5, 5.41) is 4.99. The molecule has 0 radical (unpaired) electrons. The van der Waals surface area contributed by atoms with Crippen LogP contribution >= 0.6 is 34.8 Å². The molecule has 0 heterocycles. The Labute approximate surface area is 139 Å². The Bertz CT molecular complexity index is 631. The monoisotopic (exact) mass is 345 g/mol. The molecule has 1 nitrogen and oxygen atoms in total. The number of hydrogen-bond donors (Lipinski definition) is 1. The summed E-state index contributed by atoms with van der Waals surface area (Å²) in [5.74, 6) is -0.288. The lowest BCUT2D eigenvalue weighted by atomic mass is 9.98. The molecular weight excluding hydrogens is 332 g/mol. The smallest absolute Gasteiger partial charge is 0.128 e. The van der Waals surface area contributed by atoms with Gasteiger partial charge in [-0.2, -0.15) is 0 Å². The van der Waals surface area contributed by atoms with E-state index >= 15 is 0 Å². The summed E-state index contributed by atoms with van der Waals surface area (Å²) in [7, 11) is 0. The van der Waals surface area contributed by atoms with Crippen LogP contribution in [0.1, 0.15) is 24.1 Å². The average Bonchev–Trinajstić information content (AvgIpc) is 2.45. The Balaban J connectivity index is 2.35. The van der Waals surface area contributed by atoms with Crippen molar-refractivity contribution in [3.63, 3.8) is 0 Å². The molecule has 0 aliphatic heterocycles. The van der Waals surface area contributed by atoms with Crippen LogP contribution in [0.15, 0.2) is 36.4 Å². The largest absolute Gasteiger partial charge is 0.310 e. The van der Waals surface area contributed by atoms with Crippen molar-refractivity contribution >= 4 is 34.8 Å². The highest BCUT2D eigenvalue weighted by Crippen LogP contribution is 2.28. The van der Waals surface area contributed by atoms with Gasteiger partial charge in [0.2, 0.25) is 0 Å². The number of halogens is 4. The lowest BCUT2D eigenvalue weighted by Gasteiger charge is -2.20. The van der Waals surface area contributed by atoms with E-state index in [0.717, 1.165) is 5.56 Å². The topological polar surface area (TPSA) is 12.0 Å². The molecule has 112 valence electrons. The highest BCUT2D eigenvalue weighted by Gasteiger charge is 2.17. The molecule has 1 unspecified atom stereocenters. The lowest BCUT2D eigenvalue weighted by Crippen LogP contribution is -2.24. The Hall–Kier alpha value is -0.800. The standard InChI is InChI=1S/C16H15Cl3FN/c1-2-21-16(13-9-12(18)4-6-15(13)20)8-10-7-11(17)3-5-14(10)19/h3-7,9,16,21H,2,8H2,1H3. The van der Waals surface area contributed by atoms with Crippen molar-refractivity contribution < 1.29 is 4.39 Å². The second kappa shape index (κ2) is 7.46. The van der Waals surface area contributed by atoms with Gasteiger partial charge in [0.25, 0.3) is 0 Å². The van der Waals surface area contributed by atoms with Crippen molar-refractivity contribution in [2.75, 3.05) is 6.54 Å². The van der Waals surface area contributed by atoms with E-state index in [1.807, 2.05) is 6.92 Å². The zero-order valence-corrected chi connectivity index (χ0v) is 13.7. The van der Waals surface area contributed by atoms with E-state index in [2.05, 4.69) is 5.32 Å². The van der Waals surface area contributed by atoms with Gasteiger partial charge in [-0.3, -0.25) is 0 Å². The fourth-order valence-corrected chi connectivity index (χ4v) is 2.81. The highest BCUT2D eigenvalue weighted by atomic mass is 35.5. The summed E-state index contributed by atoms with van der Waals surface area (Å²) < 4.78 is 14.1. The van der Waals surface area contributed by atoms with Crippen LogP contribution in [0.2, 0.25) is 15.1 Å². The molecular formula is C16H15Cl3FN. The Kier molecular flexibility index (Phi) is 5.88. The van der Waals surface area contributed by atoms with Gasteiger partial charge >= 0.3 is 0 Å². The molecule has 5 heteroatoms. The van der Waals surface area contributed by atoms with Gasteiger partial charge in [0.15, 0.2) is 0 Å². The molecule has 0 amide bonds. The first kappa shape index (κ1) is 16.6. The molecule has 0 aliphatic rings. The van der Waals surface area contributed by atoms with Crippen molar-refractivity contribution in [1.82, 2.24) is 5.32 Å². The van der Waals surface area contributed by atoms with Crippen LogP contribution in [-0.2, 0) is 6.42 Å². The maximum atomic E-state index is 14.1. The van der Waals surface area contributed by atoms with Gasteiger partial charge in [-0.1, -0.05) is 41.7 Å². The number of benzene rings is 2. The first-order valence-corrected chi connectivity index (χ1v) is 7.77. The molecule has 2 aromatic carbocycles. The summed E-state index contributed by atoms with van der Waals surface area (Å²) in [4.78, 5) is 0. The molecule has 0 bridgehead atoms. The van der Waals surface area contributed by atoms with Gasteiger partial charge < -0.3 is 5.32 Å². The SMILES string of the molecule is CCNC(Cc1cc(Cl)ccc1Cl)c1cc(Cl)ccc1F. The van der Waals surface area contributed by atoms with Crippen LogP contribution < -0.4 is 5.32 Å². The molecule has 0 saturated heterocycles. The minimum Gasteiger partial charge on any atom is -0.310 e. The fraction of sp³-hybridized carbons (Fsp3) is 0.250. The summed E-state index contributed by atoms with van der Waals surface area (Å²) in [5.41, 5.74) is 1.40. The summed E-state index contributed by atoms with van der Waals surface area (Å²) in [6.45, 7) is 2.67. The summed E-state index contributed by atoms with van der Waals surface area (Å²) >= 11 is 18.2. The van der Waals surface area contributed by atoms with Gasteiger partial charge in [-0.25, -0.2) is 4.39 Å². The van der Waals surface area contributed by atoms with Crippen LogP contribution in [0, 0.1) is 5.82 Å². The van der Waals surface area contributed by atoms with Crippen molar-refractivity contribution in [3.8, 4) is 0 Å². The Morgan fingerprint density at radius 3 is 2.43 bits per heavy atom. The molecule has 0 spiro atoms. The number of likely N-dealkylation sites (N-methyl/N-ethyl adjacent to an activating group) is 1. The Morgan fingerprint density at radius 1 is 1.05 bits per heavy atom. The molecule has 2 aromatic rings. The molecule has 0 aromatic heterocycles. The van der Waals surface area contributed by atoms with Crippen molar-refractivity contribution in [2.24, 2.45) is 0 Å². The summed E-state index contributed by atoms with van der Waals surface area (Å²) in [6.07, 6.45) is 0.532. The third-order valence-electron chi connectivity index (χ3n) is 3.22. The van der Waals surface area contributed by atoms with Gasteiger partial charge in [0.1, 0.15) is 5.82 Å². The Morgan fingerprint density at radius 2 is 1.71 bits per heavy atom. The second-order valence-electron chi connectivity index (χ2n) is 4.72. The van der Waals surface area contributed by atoms with Crippen molar-refractivity contribution in [1.29, 1.82) is 0 Å². The third-order valence-corrected chi connectivity index (χ3v) is 4.05. The average molecular weight is 347 g/mol. The van der Waals surface area contributed by atoms with Gasteiger partial charge in [0.05, 0.1) is 0 Å². The molecule has 1 atom stereocenters. The number of rotatable bonds is 5. The van der Waals surface area contributed by atoms with E-state index in [-0.39, 0.29) is 11.9 Å². The lowest BCUT2D eigenvalue weighted by molar-refractivity contribution is 0.510. The molecule has 0 aliphatic carbocycles. The van der Waals surface area contributed by atoms with Crippen LogP contribution in [0.5, 0.6) is 0 Å². The zero-order chi connectivity index (χ0) is 15.4. The predicted octanol–water partition coefficient (Wildman–Crippen LogP) is 5.68. The maximum Gasteiger partial charge on any atom is 0.128 e. The molecule has 21 heavy (non-hydrogen) atoms. The van der Waals surface area contributed by atoms with E-state index in [1.54, 1.807) is 24.3 Å². The van der Waals surface area contributed by atoms with Gasteiger partial charge in [-0.15, -0.1) is 0 Å². The molecule has 1 N–H and O–H groups in total. The normalized spacial score (nSPS) is 12.4. The van der Waals surface area contributed by atoms with E-state index in [4.69, 9.17) is 34.8 Å². The van der Waals surface area contributed by atoms with Crippen LogP contribution in [0.25, 0.3) is 0 Å². The first-order valence-electron chi connectivity index (χ1n) is 6.63. The van der Waals surface area contributed by atoms with E-state index < -0.39 is 0 Å². The van der Waals surface area contributed by atoms with Crippen molar-refractivity contribution in [3.05, 3.63) is 68.4 Å². The van der Waals surface area contributed by atoms with E-state index in [1.165, 1.54) is 12.1 Å². The maximum absolute atomic E-state index is 14.1. The van der Waals surface area contributed by atoms with Crippen LogP contribution in [0.4, 0.5) is 4.39 Å². The van der Waals surface area contributed by atoms with E-state index in [0.29, 0.717) is 33.6 Å². The molecule has 0 saturated carbocycles. The first-order chi connectivity index (χ1) is 10.0. The van der Waals surface area contributed by atoms with Gasteiger partial charge in [-0.05, 0) is 54.9 Å². The van der Waals surface area contributed by atoms with Crippen molar-refractivity contribution in [2.45, 2.75) is 19.4 Å². The van der Waals surface area contributed by atoms with Crippen LogP contribution in [-0.4, -0.2) is 6.54 Å². The summed E-state index contributed by atoms with van der Waals surface area (Å²) in [6, 6.07) is 9.62. The zero-order valence-electron chi connectivity index (χ0n) is 11.5. The van der Waals surface area contributed by atoms with E-state index in [9.17, 15) is 4.39 Å². The predicted molar refractivity (Wildman–Crippen MR) is 88.0 cm³/mol. The highest BCUT2D eigenvalue weighted by molar-refractivity contribution is 6.33. The second-order valence-corrected chi connectivity index (χ2v) is 6.00. The van der Waals surface area contributed by atoms with Gasteiger partial charge in [0, 0.05) is 26.7 Å². The molecule has 0 fully saturated rings. The number of hydrogen-bond acceptors (Lipinski definition) is 1. The number of nitrogens with one attached hydrogen (secondary N) is 1. The van der Waals surface area contributed by atoms with Crippen LogP contribution in [0.3, 0.4) is 0 Å². The minimum atomic E-state index is -0.288. The minimum absolute atomic E-state index is 0.218. The third kappa shape index (κ3) is 4.33. The quantitative estimate of drug-likeness (QED) is 0.734. The molecule has 2 rings (SSSR count). The fourth-order valence-electron chi connectivity index (χ4n) is 2.24.